The second-order valence-corrected chi connectivity index (χ2v) is 6.02. The Labute approximate surface area is 121 Å². The van der Waals surface area contributed by atoms with Crippen molar-refractivity contribution < 1.29 is 4.92 Å². The molecule has 0 radical (unpaired) electrons. The molecule has 1 aromatic carbocycles. The van der Waals surface area contributed by atoms with Crippen LogP contribution >= 0.6 is 12.2 Å². The van der Waals surface area contributed by atoms with Crippen molar-refractivity contribution in [1.29, 1.82) is 0 Å². The van der Waals surface area contributed by atoms with E-state index in [2.05, 4.69) is 10.2 Å². The van der Waals surface area contributed by atoms with Gasteiger partial charge in [-0.25, -0.2) is 0 Å². The van der Waals surface area contributed by atoms with Crippen molar-refractivity contribution in [1.82, 2.24) is 14.8 Å². The van der Waals surface area contributed by atoms with Crippen molar-refractivity contribution in [2.75, 3.05) is 0 Å². The van der Waals surface area contributed by atoms with Gasteiger partial charge in [0.15, 0.2) is 10.6 Å². The zero-order valence-corrected chi connectivity index (χ0v) is 12.6. The molecule has 20 heavy (non-hydrogen) atoms. The fourth-order valence-electron chi connectivity index (χ4n) is 2.09. The van der Waals surface area contributed by atoms with Gasteiger partial charge in [0, 0.05) is 11.6 Å². The lowest BCUT2D eigenvalue weighted by molar-refractivity contribution is -0.384. The molecule has 2 rings (SSSR count). The first-order valence-electron chi connectivity index (χ1n) is 6.15. The number of aryl methyl sites for hydroxylation is 1. The molecule has 0 fully saturated rings. The van der Waals surface area contributed by atoms with Crippen LogP contribution in [-0.4, -0.2) is 19.7 Å². The molecule has 0 bridgehead atoms. The van der Waals surface area contributed by atoms with Crippen LogP contribution in [-0.2, 0) is 5.54 Å². The molecule has 0 aliphatic carbocycles. The maximum absolute atomic E-state index is 11.2. The number of nitrogens with one attached hydrogen (secondary N) is 1. The number of rotatable bonds is 2. The van der Waals surface area contributed by atoms with Gasteiger partial charge in [0.2, 0.25) is 0 Å². The maximum atomic E-state index is 11.2. The summed E-state index contributed by atoms with van der Waals surface area (Å²) < 4.78 is 2.24. The third-order valence-corrected chi connectivity index (χ3v) is 3.21. The van der Waals surface area contributed by atoms with Crippen LogP contribution in [0.4, 0.5) is 5.69 Å². The van der Waals surface area contributed by atoms with Crippen molar-refractivity contribution in [2.45, 2.75) is 33.2 Å². The molecule has 0 atom stereocenters. The summed E-state index contributed by atoms with van der Waals surface area (Å²) in [7, 11) is 0. The van der Waals surface area contributed by atoms with Crippen molar-refractivity contribution in [3.8, 4) is 11.4 Å². The summed E-state index contributed by atoms with van der Waals surface area (Å²) in [5.41, 5.74) is 1.10. The summed E-state index contributed by atoms with van der Waals surface area (Å²) in [5.74, 6) is 0.484. The molecule has 0 amide bonds. The van der Waals surface area contributed by atoms with Crippen LogP contribution in [0, 0.1) is 21.8 Å². The van der Waals surface area contributed by atoms with Gasteiger partial charge >= 0.3 is 0 Å². The van der Waals surface area contributed by atoms with E-state index in [4.69, 9.17) is 12.2 Å². The van der Waals surface area contributed by atoms with Crippen LogP contribution in [0.15, 0.2) is 18.2 Å². The number of hydrogen-bond acceptors (Lipinski definition) is 4. The largest absolute Gasteiger partial charge is 0.295 e. The minimum Gasteiger partial charge on any atom is -0.295 e. The standard InChI is InChI=1S/C13H16N4O2S/c1-8-5-6-10(17(18)19)9(7-8)11-14-15-12(20)16(11)13(2,3)4/h5-7H,1-4H3,(H,15,20). The van der Waals surface area contributed by atoms with E-state index in [-0.39, 0.29) is 11.2 Å². The molecule has 0 saturated heterocycles. The smallest absolute Gasteiger partial charge is 0.280 e. The highest BCUT2D eigenvalue weighted by Gasteiger charge is 2.25. The lowest BCUT2D eigenvalue weighted by atomic mass is 10.1. The number of aromatic amines is 1. The van der Waals surface area contributed by atoms with Crippen LogP contribution in [0.1, 0.15) is 26.3 Å². The Kier molecular flexibility index (Phi) is 3.47. The van der Waals surface area contributed by atoms with E-state index in [1.807, 2.05) is 27.7 Å². The Hall–Kier alpha value is -2.02. The Bertz CT molecular complexity index is 725. The van der Waals surface area contributed by atoms with Crippen molar-refractivity contribution in [3.63, 3.8) is 0 Å². The molecule has 2 aromatic rings. The Balaban J connectivity index is 2.79. The summed E-state index contributed by atoms with van der Waals surface area (Å²) in [4.78, 5) is 10.8. The van der Waals surface area contributed by atoms with Gasteiger partial charge in [-0.3, -0.25) is 19.8 Å². The zero-order valence-electron chi connectivity index (χ0n) is 11.8. The molecule has 0 saturated carbocycles. The highest BCUT2D eigenvalue weighted by atomic mass is 32.1. The van der Waals surface area contributed by atoms with E-state index in [1.165, 1.54) is 6.07 Å². The number of hydrogen-bond donors (Lipinski definition) is 1. The van der Waals surface area contributed by atoms with Gasteiger partial charge in [-0.05, 0) is 51.5 Å². The molecule has 0 aliphatic rings. The lowest BCUT2D eigenvalue weighted by Crippen LogP contribution is -2.23. The summed E-state index contributed by atoms with van der Waals surface area (Å²) in [6.07, 6.45) is 0. The quantitative estimate of drug-likeness (QED) is 0.521. The third kappa shape index (κ3) is 2.49. The van der Waals surface area contributed by atoms with E-state index in [9.17, 15) is 10.1 Å². The molecule has 1 aromatic heterocycles. The van der Waals surface area contributed by atoms with Crippen LogP contribution in [0.5, 0.6) is 0 Å². The van der Waals surface area contributed by atoms with Crippen LogP contribution < -0.4 is 0 Å². The number of H-pyrrole nitrogens is 1. The van der Waals surface area contributed by atoms with Crippen LogP contribution in [0.2, 0.25) is 0 Å². The second-order valence-electron chi connectivity index (χ2n) is 5.64. The molecule has 1 heterocycles. The van der Waals surface area contributed by atoms with E-state index in [1.54, 1.807) is 16.7 Å². The SMILES string of the molecule is Cc1ccc([N+](=O)[O-])c(-c2n[nH]c(=S)n2C(C)(C)C)c1. The molecule has 106 valence electrons. The van der Waals surface area contributed by atoms with Crippen LogP contribution in [0.25, 0.3) is 11.4 Å². The molecule has 0 spiro atoms. The molecular formula is C13H16N4O2S. The van der Waals surface area contributed by atoms with Gasteiger partial charge in [0.25, 0.3) is 5.69 Å². The minimum atomic E-state index is -0.403. The van der Waals surface area contributed by atoms with Gasteiger partial charge < -0.3 is 0 Å². The second kappa shape index (κ2) is 4.82. The van der Waals surface area contributed by atoms with Crippen LogP contribution in [0.3, 0.4) is 0 Å². The number of nitro groups is 1. The van der Waals surface area contributed by atoms with Gasteiger partial charge in [-0.1, -0.05) is 6.07 Å². The van der Waals surface area contributed by atoms with Gasteiger partial charge in [-0.15, -0.1) is 0 Å². The normalized spacial score (nSPS) is 11.6. The first-order chi connectivity index (χ1) is 9.21. The Morgan fingerprint density at radius 2 is 2.05 bits per heavy atom. The first kappa shape index (κ1) is 14.4. The van der Waals surface area contributed by atoms with Gasteiger partial charge in [0.05, 0.1) is 10.5 Å². The number of nitrogens with zero attached hydrogens (tertiary/aromatic N) is 3. The molecular weight excluding hydrogens is 276 g/mol. The summed E-state index contributed by atoms with van der Waals surface area (Å²) >= 11 is 5.24. The van der Waals surface area contributed by atoms with Crippen molar-refractivity contribution >= 4 is 17.9 Å². The molecule has 0 unspecified atom stereocenters. The summed E-state index contributed by atoms with van der Waals surface area (Å²) in [5, 5.41) is 18.1. The number of nitro benzene ring substituents is 1. The topological polar surface area (TPSA) is 76.8 Å². The molecule has 0 aliphatic heterocycles. The third-order valence-electron chi connectivity index (χ3n) is 2.93. The van der Waals surface area contributed by atoms with Crippen molar-refractivity contribution in [3.05, 3.63) is 38.6 Å². The van der Waals surface area contributed by atoms with E-state index in [0.717, 1.165) is 5.56 Å². The average Bonchev–Trinajstić information content (AvgIpc) is 2.70. The highest BCUT2D eigenvalue weighted by molar-refractivity contribution is 7.71. The predicted molar refractivity (Wildman–Crippen MR) is 79.2 cm³/mol. The zero-order chi connectivity index (χ0) is 15.1. The van der Waals surface area contributed by atoms with Gasteiger partial charge in [-0.2, -0.15) is 5.10 Å². The molecule has 1 N–H and O–H groups in total. The van der Waals surface area contributed by atoms with E-state index >= 15 is 0 Å². The Morgan fingerprint density at radius 3 is 2.60 bits per heavy atom. The number of benzene rings is 1. The monoisotopic (exact) mass is 292 g/mol. The van der Waals surface area contributed by atoms with Gasteiger partial charge in [0.1, 0.15) is 0 Å². The molecule has 7 heteroatoms. The highest BCUT2D eigenvalue weighted by Crippen LogP contribution is 2.32. The fraction of sp³-hybridized carbons (Fsp3) is 0.385. The Morgan fingerprint density at radius 1 is 1.40 bits per heavy atom. The van der Waals surface area contributed by atoms with E-state index in [0.29, 0.717) is 16.2 Å². The summed E-state index contributed by atoms with van der Waals surface area (Å²) in [6, 6.07) is 4.96. The maximum Gasteiger partial charge on any atom is 0.280 e. The molecule has 6 nitrogen and oxygen atoms in total. The van der Waals surface area contributed by atoms with E-state index < -0.39 is 4.92 Å². The summed E-state index contributed by atoms with van der Waals surface area (Å²) in [6.45, 7) is 7.81. The van der Waals surface area contributed by atoms with Crippen molar-refractivity contribution in [2.24, 2.45) is 0 Å². The first-order valence-corrected chi connectivity index (χ1v) is 6.56. The minimum absolute atomic E-state index is 0.0232. The average molecular weight is 292 g/mol. The fourth-order valence-corrected chi connectivity index (χ4v) is 2.49. The number of aromatic nitrogens is 3. The predicted octanol–water partition coefficient (Wildman–Crippen LogP) is 3.58. The lowest BCUT2D eigenvalue weighted by Gasteiger charge is -2.22.